The van der Waals surface area contributed by atoms with Gasteiger partial charge in [0.25, 0.3) is 0 Å². The topological polar surface area (TPSA) is 64.7 Å². The normalized spacial score (nSPS) is 9.65. The summed E-state index contributed by atoms with van der Waals surface area (Å²) >= 11 is 20.4. The van der Waals surface area contributed by atoms with E-state index in [0.717, 1.165) is 26.3 Å². The second-order valence-electron chi connectivity index (χ2n) is 5.71. The van der Waals surface area contributed by atoms with Gasteiger partial charge in [0, 0.05) is 15.9 Å². The van der Waals surface area contributed by atoms with E-state index in [-0.39, 0.29) is 5.75 Å². The highest BCUT2D eigenvalue weighted by Crippen LogP contribution is 2.29. The Morgan fingerprint density at radius 3 is 1.61 bits per heavy atom. The molecular formula is C22H24Cl3NO3S2. The van der Waals surface area contributed by atoms with Gasteiger partial charge >= 0.3 is 0 Å². The average molecular weight is 521 g/mol. The Balaban J connectivity index is 0.000000233. The monoisotopic (exact) mass is 519 g/mol. The lowest BCUT2D eigenvalue weighted by atomic mass is 10.3. The van der Waals surface area contributed by atoms with Crippen molar-refractivity contribution < 1.29 is 14.6 Å². The quantitative estimate of drug-likeness (QED) is 0.270. The van der Waals surface area contributed by atoms with E-state index < -0.39 is 0 Å². The van der Waals surface area contributed by atoms with Gasteiger partial charge in [-0.2, -0.15) is 0 Å². The van der Waals surface area contributed by atoms with Crippen LogP contribution in [-0.4, -0.2) is 31.8 Å². The van der Waals surface area contributed by atoms with Gasteiger partial charge in [-0.3, -0.25) is 0 Å². The van der Waals surface area contributed by atoms with E-state index in [2.05, 4.69) is 0 Å². The van der Waals surface area contributed by atoms with E-state index in [1.807, 2.05) is 30.7 Å². The SMILES string of the molecule is COc1ccc(Cl)c(N)c1.COc1ccc(Cl)c(SC)c1.CSc1cc(O)ccc1Cl. The molecule has 168 valence electrons. The van der Waals surface area contributed by atoms with E-state index in [0.29, 0.717) is 15.7 Å². The number of methoxy groups -OCH3 is 2. The lowest BCUT2D eigenvalue weighted by molar-refractivity contribution is 0.413. The molecule has 0 unspecified atom stereocenters. The highest BCUT2D eigenvalue weighted by molar-refractivity contribution is 7.99. The van der Waals surface area contributed by atoms with E-state index in [1.54, 1.807) is 62.4 Å². The molecule has 31 heavy (non-hydrogen) atoms. The smallest absolute Gasteiger partial charge is 0.121 e. The molecule has 0 spiro atoms. The van der Waals surface area contributed by atoms with Gasteiger partial charge in [-0.15, -0.1) is 23.5 Å². The molecule has 4 nitrogen and oxygen atoms in total. The number of phenols is 1. The van der Waals surface area contributed by atoms with Crippen molar-refractivity contribution in [3.05, 3.63) is 69.7 Å². The first kappa shape index (κ1) is 27.5. The summed E-state index contributed by atoms with van der Waals surface area (Å²) in [5.41, 5.74) is 6.03. The lowest BCUT2D eigenvalue weighted by Crippen LogP contribution is -1.88. The van der Waals surface area contributed by atoms with Crippen LogP contribution in [0.4, 0.5) is 5.69 Å². The molecule has 3 N–H and O–H groups in total. The van der Waals surface area contributed by atoms with Crippen LogP contribution in [-0.2, 0) is 0 Å². The summed E-state index contributed by atoms with van der Waals surface area (Å²) in [6.45, 7) is 0. The third-order valence-corrected chi connectivity index (χ3v) is 6.48. The maximum absolute atomic E-state index is 9.00. The Kier molecular flexibility index (Phi) is 12.8. The van der Waals surface area contributed by atoms with Crippen molar-refractivity contribution in [2.75, 3.05) is 32.5 Å². The number of hydrogen-bond donors (Lipinski definition) is 2. The second kappa shape index (κ2) is 14.5. The average Bonchev–Trinajstić information content (AvgIpc) is 2.78. The molecule has 0 aromatic heterocycles. The molecule has 0 saturated carbocycles. The molecule has 3 aromatic carbocycles. The Morgan fingerprint density at radius 1 is 0.710 bits per heavy atom. The zero-order valence-corrected chi connectivity index (χ0v) is 21.4. The van der Waals surface area contributed by atoms with Crippen LogP contribution in [0.1, 0.15) is 0 Å². The molecule has 0 atom stereocenters. The summed E-state index contributed by atoms with van der Waals surface area (Å²) in [5, 5.41) is 11.0. The van der Waals surface area contributed by atoms with Crippen molar-refractivity contribution in [3.63, 3.8) is 0 Å². The first-order valence-electron chi connectivity index (χ1n) is 8.74. The summed E-state index contributed by atoms with van der Waals surface area (Å²) in [6, 6.07) is 15.7. The molecule has 0 fully saturated rings. The number of nitrogen functional groups attached to an aromatic ring is 1. The number of phenolic OH excluding ortho intramolecular Hbond substituents is 1. The molecule has 3 rings (SSSR count). The molecule has 3 aromatic rings. The minimum absolute atomic E-state index is 0.258. The van der Waals surface area contributed by atoms with Crippen LogP contribution in [0.2, 0.25) is 15.1 Å². The number of nitrogens with two attached hydrogens (primary N) is 1. The maximum atomic E-state index is 9.00. The molecule has 0 aliphatic carbocycles. The third-order valence-electron chi connectivity index (χ3n) is 3.70. The van der Waals surface area contributed by atoms with Crippen molar-refractivity contribution in [1.29, 1.82) is 0 Å². The van der Waals surface area contributed by atoms with Crippen LogP contribution >= 0.6 is 58.3 Å². The molecular weight excluding hydrogens is 497 g/mol. The molecule has 0 aliphatic heterocycles. The predicted octanol–water partition coefficient (Wildman–Crippen LogP) is 7.77. The zero-order chi connectivity index (χ0) is 23.4. The van der Waals surface area contributed by atoms with Crippen molar-refractivity contribution in [2.24, 2.45) is 0 Å². The van der Waals surface area contributed by atoms with E-state index in [9.17, 15) is 0 Å². The predicted molar refractivity (Wildman–Crippen MR) is 137 cm³/mol. The molecule has 9 heteroatoms. The van der Waals surface area contributed by atoms with Gasteiger partial charge in [-0.05, 0) is 61.0 Å². The van der Waals surface area contributed by atoms with Crippen molar-refractivity contribution >= 4 is 64.0 Å². The summed E-state index contributed by atoms with van der Waals surface area (Å²) in [7, 11) is 3.23. The van der Waals surface area contributed by atoms with E-state index in [4.69, 9.17) is 55.1 Å². The zero-order valence-electron chi connectivity index (χ0n) is 17.5. The first-order valence-corrected chi connectivity index (χ1v) is 12.3. The Morgan fingerprint density at radius 2 is 1.16 bits per heavy atom. The van der Waals surface area contributed by atoms with Crippen LogP contribution in [0.15, 0.2) is 64.4 Å². The fourth-order valence-electron chi connectivity index (χ4n) is 2.06. The largest absolute Gasteiger partial charge is 0.508 e. The Labute approximate surface area is 207 Å². The maximum Gasteiger partial charge on any atom is 0.121 e. The number of aromatic hydroxyl groups is 1. The molecule has 0 radical (unpaired) electrons. The van der Waals surface area contributed by atoms with Gasteiger partial charge < -0.3 is 20.3 Å². The highest BCUT2D eigenvalue weighted by Gasteiger charge is 2.00. The van der Waals surface area contributed by atoms with E-state index in [1.165, 1.54) is 11.8 Å². The standard InChI is InChI=1S/C8H9ClOS.C7H8ClNO.C7H7ClOS/c1-10-6-3-4-7(9)8(5-6)11-2;1-10-5-2-3-6(8)7(9)4-5;1-10-7-4-5(9)2-3-6(7)8/h3-5H,1-2H3;2-4H,9H2,1H3;2-4,9H,1H3. The van der Waals surface area contributed by atoms with Crippen molar-refractivity contribution in [1.82, 2.24) is 0 Å². The molecule has 0 bridgehead atoms. The molecule has 0 amide bonds. The first-order chi connectivity index (χ1) is 14.7. The fraction of sp³-hybridized carbons (Fsp3) is 0.182. The van der Waals surface area contributed by atoms with Crippen LogP contribution < -0.4 is 15.2 Å². The van der Waals surface area contributed by atoms with Gasteiger partial charge in [-0.25, -0.2) is 0 Å². The Hall–Kier alpha value is -1.57. The van der Waals surface area contributed by atoms with Crippen LogP contribution in [0, 0.1) is 0 Å². The second-order valence-corrected chi connectivity index (χ2v) is 8.62. The van der Waals surface area contributed by atoms with E-state index >= 15 is 0 Å². The summed E-state index contributed by atoms with van der Waals surface area (Å²) in [5.74, 6) is 1.83. The summed E-state index contributed by atoms with van der Waals surface area (Å²) in [6.07, 6.45) is 3.90. The molecule has 0 saturated heterocycles. The molecule has 0 heterocycles. The minimum Gasteiger partial charge on any atom is -0.508 e. The number of halogens is 3. The number of hydrogen-bond acceptors (Lipinski definition) is 6. The number of benzene rings is 3. The summed E-state index contributed by atoms with van der Waals surface area (Å²) < 4.78 is 9.95. The van der Waals surface area contributed by atoms with Crippen molar-refractivity contribution in [2.45, 2.75) is 9.79 Å². The number of anilines is 1. The summed E-state index contributed by atoms with van der Waals surface area (Å²) in [4.78, 5) is 1.95. The van der Waals surface area contributed by atoms with Crippen LogP contribution in [0.5, 0.6) is 17.2 Å². The van der Waals surface area contributed by atoms with Crippen LogP contribution in [0.25, 0.3) is 0 Å². The molecule has 0 aliphatic rings. The minimum atomic E-state index is 0.258. The number of rotatable bonds is 4. The van der Waals surface area contributed by atoms with Gasteiger partial charge in [0.2, 0.25) is 0 Å². The van der Waals surface area contributed by atoms with Gasteiger partial charge in [0.15, 0.2) is 0 Å². The highest BCUT2D eigenvalue weighted by atomic mass is 35.5. The third kappa shape index (κ3) is 9.62. The lowest BCUT2D eigenvalue weighted by Gasteiger charge is -2.03. The van der Waals surface area contributed by atoms with Gasteiger partial charge in [0.1, 0.15) is 17.2 Å². The number of thioether (sulfide) groups is 2. The van der Waals surface area contributed by atoms with Gasteiger partial charge in [0.05, 0.1) is 35.0 Å². The van der Waals surface area contributed by atoms with Crippen molar-refractivity contribution in [3.8, 4) is 17.2 Å². The number of ether oxygens (including phenoxy) is 2. The Bertz CT molecular complexity index is 975. The fourth-order valence-corrected chi connectivity index (χ4v) is 3.88. The van der Waals surface area contributed by atoms with Gasteiger partial charge in [-0.1, -0.05) is 34.8 Å². The van der Waals surface area contributed by atoms with Crippen LogP contribution in [0.3, 0.4) is 0 Å².